The maximum atomic E-state index is 5.48. The zero-order chi connectivity index (χ0) is 14.6. The Morgan fingerprint density at radius 3 is 2.55 bits per heavy atom. The van der Waals surface area contributed by atoms with E-state index >= 15 is 0 Å². The zero-order valence-corrected chi connectivity index (χ0v) is 13.2. The second-order valence-corrected chi connectivity index (χ2v) is 5.96. The quantitative estimate of drug-likeness (QED) is 0.781. The monoisotopic (exact) mass is 277 g/mol. The van der Waals surface area contributed by atoms with Crippen LogP contribution in [0.2, 0.25) is 0 Å². The Hall–Kier alpha value is -1.22. The molecule has 1 saturated carbocycles. The van der Waals surface area contributed by atoms with Crippen LogP contribution in [-0.4, -0.2) is 20.8 Å². The average Bonchev–Trinajstić information content (AvgIpc) is 3.24. The van der Waals surface area contributed by atoms with Crippen molar-refractivity contribution >= 4 is 0 Å². The molecular formula is C17H27NO2. The summed E-state index contributed by atoms with van der Waals surface area (Å²) in [5.41, 5.74) is 1.77. The highest BCUT2D eigenvalue weighted by molar-refractivity contribution is 5.42. The van der Waals surface area contributed by atoms with Crippen molar-refractivity contribution in [3.8, 4) is 11.5 Å². The Morgan fingerprint density at radius 1 is 1.25 bits per heavy atom. The van der Waals surface area contributed by atoms with Crippen LogP contribution in [0, 0.1) is 5.41 Å². The lowest BCUT2D eigenvalue weighted by molar-refractivity contribution is 0.372. The highest BCUT2D eigenvalue weighted by Crippen LogP contribution is 2.49. The third kappa shape index (κ3) is 3.45. The number of nitrogens with one attached hydrogen (secondary N) is 1. The van der Waals surface area contributed by atoms with E-state index < -0.39 is 0 Å². The fourth-order valence-corrected chi connectivity index (χ4v) is 2.88. The van der Waals surface area contributed by atoms with Crippen LogP contribution in [0.1, 0.15) is 51.1 Å². The van der Waals surface area contributed by atoms with E-state index in [-0.39, 0.29) is 0 Å². The van der Waals surface area contributed by atoms with Gasteiger partial charge in [-0.25, -0.2) is 0 Å². The fourth-order valence-electron chi connectivity index (χ4n) is 2.88. The van der Waals surface area contributed by atoms with Gasteiger partial charge in [-0.15, -0.1) is 0 Å². The van der Waals surface area contributed by atoms with Crippen LogP contribution in [0.25, 0.3) is 0 Å². The second kappa shape index (κ2) is 6.49. The molecule has 1 aliphatic rings. The first-order valence-electron chi connectivity index (χ1n) is 7.59. The van der Waals surface area contributed by atoms with Gasteiger partial charge in [-0.2, -0.15) is 0 Å². The number of benzene rings is 1. The lowest BCUT2D eigenvalue weighted by Crippen LogP contribution is -2.27. The van der Waals surface area contributed by atoms with Gasteiger partial charge >= 0.3 is 0 Å². The molecule has 0 aromatic heterocycles. The summed E-state index contributed by atoms with van der Waals surface area (Å²) in [4.78, 5) is 0. The molecule has 1 atom stereocenters. The maximum absolute atomic E-state index is 5.48. The van der Waals surface area contributed by atoms with Crippen LogP contribution in [0.4, 0.5) is 0 Å². The maximum Gasteiger partial charge on any atom is 0.127 e. The topological polar surface area (TPSA) is 30.5 Å². The van der Waals surface area contributed by atoms with Gasteiger partial charge in [-0.1, -0.05) is 19.4 Å². The van der Waals surface area contributed by atoms with E-state index in [4.69, 9.17) is 9.47 Å². The van der Waals surface area contributed by atoms with Gasteiger partial charge in [0.1, 0.15) is 11.5 Å². The molecule has 0 bridgehead atoms. The largest absolute Gasteiger partial charge is 0.497 e. The van der Waals surface area contributed by atoms with Crippen LogP contribution in [0.5, 0.6) is 11.5 Å². The Labute approximate surface area is 122 Å². The highest BCUT2D eigenvalue weighted by Gasteiger charge is 2.41. The molecule has 3 nitrogen and oxygen atoms in total. The average molecular weight is 277 g/mol. The number of hydrogen-bond donors (Lipinski definition) is 1. The van der Waals surface area contributed by atoms with Gasteiger partial charge in [0.2, 0.25) is 0 Å². The SMILES string of the molecule is CCCC1(CNC(C)c2ccc(OC)cc2OC)CC1. The molecule has 112 valence electrons. The van der Waals surface area contributed by atoms with E-state index in [1.54, 1.807) is 14.2 Å². The van der Waals surface area contributed by atoms with E-state index in [9.17, 15) is 0 Å². The minimum absolute atomic E-state index is 0.296. The summed E-state index contributed by atoms with van der Waals surface area (Å²) in [6, 6.07) is 6.33. The first-order valence-corrected chi connectivity index (χ1v) is 7.59. The minimum atomic E-state index is 0.296. The molecule has 0 heterocycles. The van der Waals surface area contributed by atoms with Crippen LogP contribution in [-0.2, 0) is 0 Å². The van der Waals surface area contributed by atoms with Gasteiger partial charge < -0.3 is 14.8 Å². The molecule has 0 saturated heterocycles. The van der Waals surface area contributed by atoms with Gasteiger partial charge in [-0.05, 0) is 37.7 Å². The molecule has 20 heavy (non-hydrogen) atoms. The fraction of sp³-hybridized carbons (Fsp3) is 0.647. The van der Waals surface area contributed by atoms with E-state index in [1.165, 1.54) is 31.2 Å². The summed E-state index contributed by atoms with van der Waals surface area (Å²) in [7, 11) is 3.39. The van der Waals surface area contributed by atoms with Crippen LogP contribution >= 0.6 is 0 Å². The van der Waals surface area contributed by atoms with Crippen molar-refractivity contribution in [3.05, 3.63) is 23.8 Å². The molecule has 2 rings (SSSR count). The predicted molar refractivity (Wildman–Crippen MR) is 82.5 cm³/mol. The van der Waals surface area contributed by atoms with Crippen molar-refractivity contribution in [1.82, 2.24) is 5.32 Å². The molecule has 1 aromatic rings. The molecule has 0 amide bonds. The van der Waals surface area contributed by atoms with Crippen molar-refractivity contribution in [3.63, 3.8) is 0 Å². The normalized spacial score (nSPS) is 17.6. The second-order valence-electron chi connectivity index (χ2n) is 5.96. The lowest BCUT2D eigenvalue weighted by Gasteiger charge is -2.21. The Bertz CT molecular complexity index is 441. The molecule has 3 heteroatoms. The highest BCUT2D eigenvalue weighted by atomic mass is 16.5. The number of hydrogen-bond acceptors (Lipinski definition) is 3. The van der Waals surface area contributed by atoms with Crippen molar-refractivity contribution in [1.29, 1.82) is 0 Å². The van der Waals surface area contributed by atoms with Gasteiger partial charge in [0.25, 0.3) is 0 Å². The van der Waals surface area contributed by atoms with Gasteiger partial charge in [0, 0.05) is 24.2 Å². The zero-order valence-electron chi connectivity index (χ0n) is 13.2. The number of methoxy groups -OCH3 is 2. The standard InChI is InChI=1S/C17H27NO2/c1-5-8-17(9-10-17)12-18-13(2)15-7-6-14(19-3)11-16(15)20-4/h6-7,11,13,18H,5,8-10,12H2,1-4H3. The van der Waals surface area contributed by atoms with Crippen molar-refractivity contribution in [2.45, 2.75) is 45.6 Å². The van der Waals surface area contributed by atoms with Crippen molar-refractivity contribution in [2.24, 2.45) is 5.41 Å². The third-order valence-corrected chi connectivity index (χ3v) is 4.43. The first-order chi connectivity index (χ1) is 9.64. The van der Waals surface area contributed by atoms with Gasteiger partial charge in [0.15, 0.2) is 0 Å². The Balaban J connectivity index is 2.00. The predicted octanol–water partition coefficient (Wildman–Crippen LogP) is 3.93. The Kier molecular flexibility index (Phi) is 4.92. The molecule has 0 spiro atoms. The van der Waals surface area contributed by atoms with E-state index in [1.807, 2.05) is 12.1 Å². The molecule has 0 radical (unpaired) electrons. The third-order valence-electron chi connectivity index (χ3n) is 4.43. The molecule has 1 N–H and O–H groups in total. The first kappa shape index (κ1) is 15.2. The summed E-state index contributed by atoms with van der Waals surface area (Å²) >= 11 is 0. The van der Waals surface area contributed by atoms with Crippen LogP contribution in [0.15, 0.2) is 18.2 Å². The van der Waals surface area contributed by atoms with E-state index in [2.05, 4.69) is 25.2 Å². The summed E-state index contributed by atoms with van der Waals surface area (Å²) in [6.45, 7) is 5.58. The summed E-state index contributed by atoms with van der Waals surface area (Å²) in [5, 5.41) is 3.68. The van der Waals surface area contributed by atoms with E-state index in [0.29, 0.717) is 11.5 Å². The van der Waals surface area contributed by atoms with Crippen molar-refractivity contribution in [2.75, 3.05) is 20.8 Å². The van der Waals surface area contributed by atoms with Crippen LogP contribution in [0.3, 0.4) is 0 Å². The van der Waals surface area contributed by atoms with Crippen LogP contribution < -0.4 is 14.8 Å². The minimum Gasteiger partial charge on any atom is -0.497 e. The number of ether oxygens (including phenoxy) is 2. The van der Waals surface area contributed by atoms with E-state index in [0.717, 1.165) is 18.0 Å². The van der Waals surface area contributed by atoms with Gasteiger partial charge in [-0.3, -0.25) is 0 Å². The molecule has 1 fully saturated rings. The number of rotatable bonds is 8. The molecule has 1 aliphatic carbocycles. The molecule has 1 aromatic carbocycles. The summed E-state index contributed by atoms with van der Waals surface area (Å²) < 4.78 is 10.7. The lowest BCUT2D eigenvalue weighted by atomic mass is 9.99. The van der Waals surface area contributed by atoms with Crippen molar-refractivity contribution < 1.29 is 9.47 Å². The van der Waals surface area contributed by atoms with Gasteiger partial charge in [0.05, 0.1) is 14.2 Å². The molecule has 0 aliphatic heterocycles. The molecule has 1 unspecified atom stereocenters. The molecular weight excluding hydrogens is 250 g/mol. The summed E-state index contributed by atoms with van der Waals surface area (Å²) in [6.07, 6.45) is 5.37. The Morgan fingerprint density at radius 2 is 2.00 bits per heavy atom. The summed E-state index contributed by atoms with van der Waals surface area (Å²) in [5.74, 6) is 1.73. The smallest absolute Gasteiger partial charge is 0.127 e.